The van der Waals surface area contributed by atoms with Gasteiger partial charge in [0.1, 0.15) is 33.6 Å². The predicted molar refractivity (Wildman–Crippen MR) is 108 cm³/mol. The largest absolute Gasteiger partial charge is 0.507 e. The summed E-state index contributed by atoms with van der Waals surface area (Å²) in [6, 6.07) is 11.0. The van der Waals surface area contributed by atoms with Crippen LogP contribution < -0.4 is 0 Å². The number of aliphatic hydroxyl groups is 1. The van der Waals surface area contributed by atoms with Crippen LogP contribution in [0.4, 0.5) is 10.1 Å². The zero-order chi connectivity index (χ0) is 20.3. The first-order chi connectivity index (χ1) is 13.4. The summed E-state index contributed by atoms with van der Waals surface area (Å²) >= 11 is 1.00. The molecule has 0 atom stereocenters. The monoisotopic (exact) mass is 399 g/mol. The summed E-state index contributed by atoms with van der Waals surface area (Å²) in [5, 5.41) is 20.8. The maximum Gasteiger partial charge on any atom is 0.344 e. The van der Waals surface area contributed by atoms with E-state index in [1.807, 2.05) is 13.0 Å². The van der Waals surface area contributed by atoms with E-state index in [2.05, 4.69) is 4.99 Å². The number of para-hydroxylation sites is 1. The average molecular weight is 399 g/mol. The smallest absolute Gasteiger partial charge is 0.344 e. The first-order valence-electron chi connectivity index (χ1n) is 8.54. The molecule has 2 N–H and O–H groups in total. The Morgan fingerprint density at radius 2 is 2.00 bits per heavy atom. The molecular weight excluding hydrogens is 381 g/mol. The Balaban J connectivity index is 2.08. The minimum atomic E-state index is -0.751. The highest BCUT2D eigenvalue weighted by Gasteiger charge is 2.33. The number of esters is 1. The lowest BCUT2D eigenvalue weighted by Gasteiger charge is -2.04. The molecule has 0 unspecified atom stereocenters. The number of phenols is 1. The van der Waals surface area contributed by atoms with Crippen LogP contribution in [0.25, 0.3) is 6.08 Å². The molecule has 0 saturated heterocycles. The Hall–Kier alpha value is -3.06. The number of aliphatic imine (C=N–C) groups is 1. The standard InChI is InChI=1S/C21H18FNO4S/c1-3-27-21(26)18-19(25)17(11-13-9-8-12(2)10-16(13)24)28-20(18)23-15-7-5-4-6-14(15)22/h4-11,24-25H,3H2,1-2H3/b17-11+,23-20?. The van der Waals surface area contributed by atoms with Crippen LogP contribution in [-0.4, -0.2) is 27.8 Å². The number of hydrogen-bond donors (Lipinski definition) is 2. The second-order valence-electron chi connectivity index (χ2n) is 5.99. The fourth-order valence-electron chi connectivity index (χ4n) is 2.56. The molecule has 0 radical (unpaired) electrons. The molecule has 3 rings (SSSR count). The number of halogens is 1. The molecule has 1 aliphatic rings. The third-order valence-electron chi connectivity index (χ3n) is 3.92. The summed E-state index contributed by atoms with van der Waals surface area (Å²) in [7, 11) is 0. The summed E-state index contributed by atoms with van der Waals surface area (Å²) in [5.41, 5.74) is 1.26. The Morgan fingerprint density at radius 1 is 1.25 bits per heavy atom. The number of aryl methyl sites for hydroxylation is 1. The van der Waals surface area contributed by atoms with Crippen LogP contribution in [0.1, 0.15) is 18.1 Å². The molecule has 28 heavy (non-hydrogen) atoms. The highest BCUT2D eigenvalue weighted by molar-refractivity contribution is 8.18. The maximum atomic E-state index is 14.0. The van der Waals surface area contributed by atoms with Crippen LogP contribution in [-0.2, 0) is 9.53 Å². The molecule has 0 aliphatic carbocycles. The van der Waals surface area contributed by atoms with Crippen molar-refractivity contribution in [3.05, 3.63) is 75.6 Å². The summed E-state index contributed by atoms with van der Waals surface area (Å²) in [6.45, 7) is 3.60. The van der Waals surface area contributed by atoms with Crippen molar-refractivity contribution >= 4 is 34.5 Å². The molecule has 5 nitrogen and oxygen atoms in total. The van der Waals surface area contributed by atoms with Gasteiger partial charge >= 0.3 is 5.97 Å². The van der Waals surface area contributed by atoms with E-state index in [0.717, 1.165) is 17.3 Å². The molecule has 7 heteroatoms. The van der Waals surface area contributed by atoms with E-state index < -0.39 is 11.8 Å². The molecule has 1 heterocycles. The summed E-state index contributed by atoms with van der Waals surface area (Å²) in [5.74, 6) is -1.58. The number of carbonyl (C=O) groups excluding carboxylic acids is 1. The number of hydrogen-bond acceptors (Lipinski definition) is 6. The fraction of sp³-hybridized carbons (Fsp3) is 0.143. The van der Waals surface area contributed by atoms with Crippen LogP contribution in [0.5, 0.6) is 5.75 Å². The van der Waals surface area contributed by atoms with Crippen molar-refractivity contribution in [2.24, 2.45) is 4.99 Å². The van der Waals surface area contributed by atoms with Gasteiger partial charge in [0.05, 0.1) is 11.5 Å². The van der Waals surface area contributed by atoms with E-state index in [-0.39, 0.29) is 34.4 Å². The Labute approximate surface area is 165 Å². The van der Waals surface area contributed by atoms with E-state index in [1.54, 1.807) is 25.1 Å². The third-order valence-corrected chi connectivity index (χ3v) is 4.94. The van der Waals surface area contributed by atoms with Crippen molar-refractivity contribution in [1.29, 1.82) is 0 Å². The molecule has 2 aromatic rings. The van der Waals surface area contributed by atoms with Crippen LogP contribution >= 0.6 is 11.8 Å². The number of aromatic hydroxyl groups is 1. The van der Waals surface area contributed by atoms with Gasteiger partial charge in [-0.15, -0.1) is 0 Å². The van der Waals surface area contributed by atoms with E-state index in [4.69, 9.17) is 4.74 Å². The van der Waals surface area contributed by atoms with E-state index in [0.29, 0.717) is 10.5 Å². The van der Waals surface area contributed by atoms with Crippen LogP contribution in [0.3, 0.4) is 0 Å². The number of rotatable bonds is 4. The molecular formula is C21H18FNO4S. The van der Waals surface area contributed by atoms with Crippen LogP contribution in [0.15, 0.2) is 63.7 Å². The van der Waals surface area contributed by atoms with Gasteiger partial charge in [0.2, 0.25) is 0 Å². The highest BCUT2D eigenvalue weighted by atomic mass is 32.2. The van der Waals surface area contributed by atoms with Gasteiger partial charge in [-0.1, -0.05) is 36.0 Å². The van der Waals surface area contributed by atoms with Crippen molar-refractivity contribution < 1.29 is 24.1 Å². The summed E-state index contributed by atoms with van der Waals surface area (Å²) < 4.78 is 19.0. The van der Waals surface area contributed by atoms with Gasteiger partial charge in [-0.25, -0.2) is 14.2 Å². The zero-order valence-corrected chi connectivity index (χ0v) is 16.1. The molecule has 0 saturated carbocycles. The van der Waals surface area contributed by atoms with E-state index in [1.165, 1.54) is 24.3 Å². The number of carbonyl (C=O) groups is 1. The number of ether oxygens (including phenoxy) is 1. The van der Waals surface area contributed by atoms with Gasteiger partial charge in [0.15, 0.2) is 0 Å². The van der Waals surface area contributed by atoms with Gasteiger partial charge < -0.3 is 14.9 Å². The van der Waals surface area contributed by atoms with Gasteiger partial charge in [-0.3, -0.25) is 0 Å². The van der Waals surface area contributed by atoms with E-state index in [9.17, 15) is 19.4 Å². The van der Waals surface area contributed by atoms with Gasteiger partial charge in [0.25, 0.3) is 0 Å². The second kappa shape index (κ2) is 8.31. The lowest BCUT2D eigenvalue weighted by Crippen LogP contribution is -2.12. The lowest BCUT2D eigenvalue weighted by molar-refractivity contribution is -0.138. The second-order valence-corrected chi connectivity index (χ2v) is 7.02. The molecule has 144 valence electrons. The van der Waals surface area contributed by atoms with Crippen LogP contribution in [0, 0.1) is 12.7 Å². The Bertz CT molecular complexity index is 1030. The SMILES string of the molecule is CCOC(=O)C1=C(O)/C(=C\c2ccc(C)cc2O)SC1=Nc1ccccc1F. The Morgan fingerprint density at radius 3 is 2.68 bits per heavy atom. The maximum absolute atomic E-state index is 14.0. The molecule has 0 amide bonds. The molecule has 2 aromatic carbocycles. The minimum absolute atomic E-state index is 0.0399. The minimum Gasteiger partial charge on any atom is -0.507 e. The first kappa shape index (κ1) is 19.7. The third kappa shape index (κ3) is 4.09. The van der Waals surface area contributed by atoms with Gasteiger partial charge in [-0.2, -0.15) is 0 Å². The number of benzene rings is 2. The summed E-state index contributed by atoms with van der Waals surface area (Å²) in [6.07, 6.45) is 1.54. The van der Waals surface area contributed by atoms with Crippen molar-refractivity contribution in [1.82, 2.24) is 0 Å². The summed E-state index contributed by atoms with van der Waals surface area (Å²) in [4.78, 5) is 16.9. The zero-order valence-electron chi connectivity index (χ0n) is 15.3. The molecule has 1 aliphatic heterocycles. The molecule has 0 spiro atoms. The van der Waals surface area contributed by atoms with E-state index >= 15 is 0 Å². The molecule has 0 bridgehead atoms. The number of phenolic OH excluding ortho intramolecular Hbond substituents is 1. The lowest BCUT2D eigenvalue weighted by atomic mass is 10.1. The Kier molecular flexibility index (Phi) is 5.84. The topological polar surface area (TPSA) is 79.1 Å². The van der Waals surface area contributed by atoms with Crippen molar-refractivity contribution in [2.45, 2.75) is 13.8 Å². The number of aliphatic hydroxyl groups excluding tert-OH is 1. The van der Waals surface area contributed by atoms with Crippen molar-refractivity contribution in [3.63, 3.8) is 0 Å². The number of nitrogens with zero attached hydrogens (tertiary/aromatic N) is 1. The predicted octanol–water partition coefficient (Wildman–Crippen LogP) is 5.03. The van der Waals surface area contributed by atoms with Crippen molar-refractivity contribution in [2.75, 3.05) is 6.61 Å². The quantitative estimate of drug-likeness (QED) is 0.705. The molecule has 0 aromatic heterocycles. The van der Waals surface area contributed by atoms with Crippen molar-refractivity contribution in [3.8, 4) is 5.75 Å². The van der Waals surface area contributed by atoms with Crippen LogP contribution in [0.2, 0.25) is 0 Å². The highest BCUT2D eigenvalue weighted by Crippen LogP contribution is 2.41. The fourth-order valence-corrected chi connectivity index (χ4v) is 3.58. The average Bonchev–Trinajstić information content (AvgIpc) is 2.95. The van der Waals surface area contributed by atoms with Gasteiger partial charge in [-0.05, 0) is 43.7 Å². The number of thioether (sulfide) groups is 1. The first-order valence-corrected chi connectivity index (χ1v) is 9.35. The molecule has 0 fully saturated rings. The normalized spacial score (nSPS) is 16.8. The van der Waals surface area contributed by atoms with Gasteiger partial charge in [0, 0.05) is 5.56 Å².